The lowest BCUT2D eigenvalue weighted by molar-refractivity contribution is -0.119. The van der Waals surface area contributed by atoms with Gasteiger partial charge in [0.05, 0.1) is 6.26 Å². The molecule has 0 fully saturated rings. The Morgan fingerprint density at radius 1 is 1.21 bits per heavy atom. The minimum atomic E-state index is -0.197. The van der Waals surface area contributed by atoms with Crippen molar-refractivity contribution in [3.8, 4) is 11.6 Å². The Balaban J connectivity index is 1.56. The van der Waals surface area contributed by atoms with Gasteiger partial charge in [-0.2, -0.15) is 5.10 Å². The standard InChI is InChI=1S/C21H21N5O2/c1-15(13-16-7-3-2-4-8-16)21(27)24-18-14-19(26-11-6-10-22-26)25-20(23-18)17-9-5-12-28-17/h2-5,7-10,12,14-15H,6,11,13H2,1H3,(H,23,24,25,27). The van der Waals surface area contributed by atoms with Crippen LogP contribution < -0.4 is 10.3 Å². The van der Waals surface area contributed by atoms with Gasteiger partial charge in [0.15, 0.2) is 17.4 Å². The predicted octanol–water partition coefficient (Wildman–Crippen LogP) is 3.75. The third-order valence-electron chi connectivity index (χ3n) is 4.49. The quantitative estimate of drug-likeness (QED) is 0.709. The molecular formula is C21H21N5O2. The molecule has 4 rings (SSSR count). The van der Waals surface area contributed by atoms with E-state index in [4.69, 9.17) is 4.42 Å². The molecule has 1 aromatic carbocycles. The van der Waals surface area contributed by atoms with Crippen LogP contribution in [0.2, 0.25) is 0 Å². The Bertz CT molecular complexity index is 970. The predicted molar refractivity (Wildman–Crippen MR) is 108 cm³/mol. The van der Waals surface area contributed by atoms with Crippen LogP contribution in [-0.2, 0) is 11.2 Å². The minimum Gasteiger partial charge on any atom is -0.461 e. The smallest absolute Gasteiger partial charge is 0.228 e. The van der Waals surface area contributed by atoms with Crippen molar-refractivity contribution in [3.63, 3.8) is 0 Å². The summed E-state index contributed by atoms with van der Waals surface area (Å²) in [6.45, 7) is 2.65. The van der Waals surface area contributed by atoms with E-state index in [1.807, 2.05) is 43.5 Å². The van der Waals surface area contributed by atoms with Crippen LogP contribution in [0.3, 0.4) is 0 Å². The number of furan rings is 1. The Morgan fingerprint density at radius 3 is 2.79 bits per heavy atom. The highest BCUT2D eigenvalue weighted by Gasteiger charge is 2.19. The van der Waals surface area contributed by atoms with Gasteiger partial charge in [-0.25, -0.2) is 15.0 Å². The van der Waals surface area contributed by atoms with Crippen molar-refractivity contribution in [2.24, 2.45) is 11.0 Å². The summed E-state index contributed by atoms with van der Waals surface area (Å²) in [5.41, 5.74) is 1.12. The molecule has 0 spiro atoms. The number of carbonyl (C=O) groups excluding carboxylic acids is 1. The van der Waals surface area contributed by atoms with Crippen LogP contribution in [0.15, 0.2) is 64.3 Å². The maximum Gasteiger partial charge on any atom is 0.228 e. The van der Waals surface area contributed by atoms with E-state index in [1.165, 1.54) is 0 Å². The van der Waals surface area contributed by atoms with E-state index in [2.05, 4.69) is 20.4 Å². The van der Waals surface area contributed by atoms with Crippen LogP contribution in [0.25, 0.3) is 11.6 Å². The van der Waals surface area contributed by atoms with Gasteiger partial charge in [0.1, 0.15) is 5.82 Å². The number of aromatic nitrogens is 2. The van der Waals surface area contributed by atoms with Gasteiger partial charge >= 0.3 is 0 Å². The summed E-state index contributed by atoms with van der Waals surface area (Å²) in [4.78, 5) is 21.7. The summed E-state index contributed by atoms with van der Waals surface area (Å²) in [6.07, 6.45) is 4.93. The number of hydrazone groups is 1. The summed E-state index contributed by atoms with van der Waals surface area (Å²) in [5.74, 6) is 1.72. The molecule has 3 heterocycles. The average molecular weight is 375 g/mol. The molecule has 7 heteroatoms. The first-order valence-corrected chi connectivity index (χ1v) is 9.27. The molecule has 0 radical (unpaired) electrons. The van der Waals surface area contributed by atoms with Crippen molar-refractivity contribution < 1.29 is 9.21 Å². The lowest BCUT2D eigenvalue weighted by Crippen LogP contribution is -2.23. The van der Waals surface area contributed by atoms with E-state index in [1.54, 1.807) is 29.5 Å². The lowest BCUT2D eigenvalue weighted by Gasteiger charge is -2.16. The highest BCUT2D eigenvalue weighted by atomic mass is 16.3. The first kappa shape index (κ1) is 17.9. The van der Waals surface area contributed by atoms with Crippen LogP contribution in [0.1, 0.15) is 18.9 Å². The Hall–Kier alpha value is -3.48. The normalized spacial score (nSPS) is 14.2. The van der Waals surface area contributed by atoms with Crippen molar-refractivity contribution in [2.75, 3.05) is 16.9 Å². The fourth-order valence-electron chi connectivity index (χ4n) is 3.02. The average Bonchev–Trinajstić information content (AvgIpc) is 3.42. The second-order valence-electron chi connectivity index (χ2n) is 6.70. The Kier molecular flexibility index (Phi) is 5.14. The van der Waals surface area contributed by atoms with Crippen molar-refractivity contribution in [1.29, 1.82) is 0 Å². The number of nitrogens with one attached hydrogen (secondary N) is 1. The van der Waals surface area contributed by atoms with Gasteiger partial charge in [-0.3, -0.25) is 4.79 Å². The number of carbonyl (C=O) groups is 1. The molecular weight excluding hydrogens is 354 g/mol. The number of anilines is 2. The summed E-state index contributed by atoms with van der Waals surface area (Å²) < 4.78 is 5.43. The monoisotopic (exact) mass is 375 g/mol. The minimum absolute atomic E-state index is 0.0937. The number of rotatable bonds is 6. The number of amides is 1. The largest absolute Gasteiger partial charge is 0.461 e. The van der Waals surface area contributed by atoms with Crippen LogP contribution in [0.5, 0.6) is 0 Å². The van der Waals surface area contributed by atoms with E-state index in [-0.39, 0.29) is 11.8 Å². The van der Waals surface area contributed by atoms with Gasteiger partial charge in [-0.05, 0) is 24.1 Å². The lowest BCUT2D eigenvalue weighted by atomic mass is 10.0. The van der Waals surface area contributed by atoms with Crippen molar-refractivity contribution in [2.45, 2.75) is 19.8 Å². The van der Waals surface area contributed by atoms with Gasteiger partial charge in [-0.15, -0.1) is 0 Å². The molecule has 1 unspecified atom stereocenters. The van der Waals surface area contributed by atoms with Crippen molar-refractivity contribution in [1.82, 2.24) is 9.97 Å². The van der Waals surface area contributed by atoms with E-state index in [9.17, 15) is 4.79 Å². The van der Waals surface area contributed by atoms with Gasteiger partial charge in [-0.1, -0.05) is 37.3 Å². The Morgan fingerprint density at radius 2 is 2.07 bits per heavy atom. The van der Waals surface area contributed by atoms with Crippen molar-refractivity contribution in [3.05, 3.63) is 60.4 Å². The first-order valence-electron chi connectivity index (χ1n) is 9.27. The second kappa shape index (κ2) is 8.04. The number of hydrogen-bond acceptors (Lipinski definition) is 6. The van der Waals surface area contributed by atoms with Crippen LogP contribution >= 0.6 is 0 Å². The molecule has 1 atom stereocenters. The molecule has 0 saturated carbocycles. The topological polar surface area (TPSA) is 83.6 Å². The van der Waals surface area contributed by atoms with Gasteiger partial charge in [0.25, 0.3) is 0 Å². The van der Waals surface area contributed by atoms with Gasteiger partial charge in [0.2, 0.25) is 5.91 Å². The van der Waals surface area contributed by atoms with E-state index >= 15 is 0 Å². The fourth-order valence-corrected chi connectivity index (χ4v) is 3.02. The summed E-state index contributed by atoms with van der Waals surface area (Å²) in [6, 6.07) is 15.3. The molecule has 142 valence electrons. The highest BCUT2D eigenvalue weighted by Crippen LogP contribution is 2.24. The molecule has 28 heavy (non-hydrogen) atoms. The van der Waals surface area contributed by atoms with E-state index in [0.29, 0.717) is 29.6 Å². The zero-order chi connectivity index (χ0) is 19.3. The number of hydrogen-bond donors (Lipinski definition) is 1. The molecule has 7 nitrogen and oxygen atoms in total. The summed E-state index contributed by atoms with van der Waals surface area (Å²) in [7, 11) is 0. The molecule has 0 aliphatic carbocycles. The molecule has 1 aliphatic rings. The maximum atomic E-state index is 12.7. The van der Waals surface area contributed by atoms with Crippen LogP contribution in [0.4, 0.5) is 11.6 Å². The third kappa shape index (κ3) is 4.09. The molecule has 0 saturated heterocycles. The fraction of sp³-hybridized carbons (Fsp3) is 0.238. The second-order valence-corrected chi connectivity index (χ2v) is 6.70. The van der Waals surface area contributed by atoms with Crippen LogP contribution in [-0.4, -0.2) is 28.6 Å². The third-order valence-corrected chi connectivity index (χ3v) is 4.49. The van der Waals surface area contributed by atoms with Gasteiger partial charge < -0.3 is 9.73 Å². The summed E-state index contributed by atoms with van der Waals surface area (Å²) >= 11 is 0. The highest BCUT2D eigenvalue weighted by molar-refractivity contribution is 5.92. The molecule has 2 aromatic heterocycles. The Labute approximate surface area is 163 Å². The van der Waals surface area contributed by atoms with E-state index < -0.39 is 0 Å². The van der Waals surface area contributed by atoms with Crippen LogP contribution in [0, 0.1) is 5.92 Å². The number of benzene rings is 1. The summed E-state index contributed by atoms with van der Waals surface area (Å²) in [5, 5.41) is 9.02. The molecule has 1 N–H and O–H groups in total. The molecule has 3 aromatic rings. The van der Waals surface area contributed by atoms with E-state index in [0.717, 1.165) is 18.5 Å². The maximum absolute atomic E-state index is 12.7. The molecule has 1 aliphatic heterocycles. The SMILES string of the molecule is CC(Cc1ccccc1)C(=O)Nc1cc(N2CCC=N2)nc(-c2ccco2)n1. The molecule has 1 amide bonds. The zero-order valence-corrected chi connectivity index (χ0v) is 15.6. The molecule has 0 bridgehead atoms. The zero-order valence-electron chi connectivity index (χ0n) is 15.6. The van der Waals surface area contributed by atoms with Crippen molar-refractivity contribution >= 4 is 23.8 Å². The van der Waals surface area contributed by atoms with Gasteiger partial charge in [0, 0.05) is 31.2 Å². The number of nitrogens with zero attached hydrogens (tertiary/aromatic N) is 4. The first-order chi connectivity index (χ1) is 13.7.